The first-order chi connectivity index (χ1) is 12.6. The van der Waals surface area contributed by atoms with E-state index in [1.165, 1.54) is 22.2 Å². The third-order valence-corrected chi connectivity index (χ3v) is 5.72. The Hall–Kier alpha value is -2.00. The highest BCUT2D eigenvalue weighted by molar-refractivity contribution is 7.22. The van der Waals surface area contributed by atoms with E-state index in [1.807, 2.05) is 0 Å². The Morgan fingerprint density at radius 1 is 1.27 bits per heavy atom. The van der Waals surface area contributed by atoms with Crippen molar-refractivity contribution in [1.29, 1.82) is 0 Å². The fourth-order valence-corrected chi connectivity index (χ4v) is 3.97. The van der Waals surface area contributed by atoms with Crippen molar-refractivity contribution in [1.82, 2.24) is 24.8 Å². The van der Waals surface area contributed by atoms with Crippen LogP contribution in [0.4, 0.5) is 5.13 Å². The van der Waals surface area contributed by atoms with Crippen LogP contribution in [0.5, 0.6) is 0 Å². The Morgan fingerprint density at radius 3 is 2.73 bits per heavy atom. The Labute approximate surface area is 156 Å². The largest absolute Gasteiger partial charge is 0.355 e. The molecule has 1 aliphatic rings. The van der Waals surface area contributed by atoms with Gasteiger partial charge < -0.3 is 15.1 Å². The third-order valence-electron chi connectivity index (χ3n) is 4.63. The van der Waals surface area contributed by atoms with E-state index in [4.69, 9.17) is 0 Å². The van der Waals surface area contributed by atoms with E-state index in [9.17, 15) is 9.59 Å². The quantitative estimate of drug-likeness (QED) is 0.721. The number of rotatable bonds is 7. The van der Waals surface area contributed by atoms with Crippen molar-refractivity contribution < 1.29 is 4.79 Å². The monoisotopic (exact) mass is 378 g/mol. The maximum Gasteiger partial charge on any atom is 0.273 e. The molecule has 0 radical (unpaired) electrons. The minimum atomic E-state index is -0.198. The van der Waals surface area contributed by atoms with Crippen LogP contribution >= 0.6 is 11.3 Å². The van der Waals surface area contributed by atoms with Crippen molar-refractivity contribution >= 4 is 32.7 Å². The van der Waals surface area contributed by atoms with Crippen LogP contribution in [0, 0.1) is 0 Å². The minimum Gasteiger partial charge on any atom is -0.355 e. The standard InChI is InChI=1S/C17H26N6O2S/c1-3-5-6-18-13(24)11-23-12-19-15-14(16(23)25)26-17(20-15)22-9-7-21(4-2)8-10-22/h12H,3-11H2,1-2H3,(H,18,24). The van der Waals surface area contributed by atoms with Gasteiger partial charge >= 0.3 is 0 Å². The number of nitrogens with zero attached hydrogens (tertiary/aromatic N) is 5. The lowest BCUT2D eigenvalue weighted by Gasteiger charge is -2.33. The summed E-state index contributed by atoms with van der Waals surface area (Å²) in [5.74, 6) is -0.165. The average molecular weight is 379 g/mol. The molecule has 1 saturated heterocycles. The summed E-state index contributed by atoms with van der Waals surface area (Å²) >= 11 is 1.37. The van der Waals surface area contributed by atoms with E-state index in [0.717, 1.165) is 50.7 Å². The van der Waals surface area contributed by atoms with E-state index in [-0.39, 0.29) is 18.0 Å². The van der Waals surface area contributed by atoms with Gasteiger partial charge in [0.25, 0.3) is 5.56 Å². The molecule has 0 aromatic carbocycles. The number of hydrogen-bond acceptors (Lipinski definition) is 7. The van der Waals surface area contributed by atoms with Crippen LogP contribution in [-0.2, 0) is 11.3 Å². The molecule has 0 unspecified atom stereocenters. The highest BCUT2D eigenvalue weighted by atomic mass is 32.1. The van der Waals surface area contributed by atoms with Gasteiger partial charge in [-0.3, -0.25) is 14.2 Å². The fourth-order valence-electron chi connectivity index (χ4n) is 2.95. The maximum atomic E-state index is 12.7. The molecule has 3 heterocycles. The summed E-state index contributed by atoms with van der Waals surface area (Å²) in [6.07, 6.45) is 3.37. The van der Waals surface area contributed by atoms with E-state index >= 15 is 0 Å². The van der Waals surface area contributed by atoms with Gasteiger partial charge in [-0.25, -0.2) is 4.98 Å². The Bertz CT molecular complexity index is 809. The molecule has 0 saturated carbocycles. The average Bonchev–Trinajstić information content (AvgIpc) is 3.09. The molecule has 9 heteroatoms. The highest BCUT2D eigenvalue weighted by Gasteiger charge is 2.20. The van der Waals surface area contributed by atoms with Crippen molar-refractivity contribution in [3.8, 4) is 0 Å². The van der Waals surface area contributed by atoms with Crippen molar-refractivity contribution in [3.05, 3.63) is 16.7 Å². The molecule has 2 aromatic heterocycles. The van der Waals surface area contributed by atoms with Crippen molar-refractivity contribution in [2.75, 3.05) is 44.2 Å². The van der Waals surface area contributed by atoms with E-state index in [1.54, 1.807) is 0 Å². The van der Waals surface area contributed by atoms with Gasteiger partial charge in [0, 0.05) is 32.7 Å². The first kappa shape index (κ1) is 18.8. The van der Waals surface area contributed by atoms with Gasteiger partial charge in [0.1, 0.15) is 17.6 Å². The second kappa shape index (κ2) is 8.59. The Kier molecular flexibility index (Phi) is 6.20. The van der Waals surface area contributed by atoms with Gasteiger partial charge in [0.2, 0.25) is 5.91 Å². The van der Waals surface area contributed by atoms with Crippen molar-refractivity contribution in [2.24, 2.45) is 0 Å². The SMILES string of the molecule is CCCCNC(=O)Cn1cnc2nc(N3CCN(CC)CC3)sc2c1=O. The molecule has 0 bridgehead atoms. The molecule has 2 aromatic rings. The number of carbonyl (C=O) groups excluding carboxylic acids is 1. The lowest BCUT2D eigenvalue weighted by Crippen LogP contribution is -2.46. The number of carbonyl (C=O) groups is 1. The molecule has 26 heavy (non-hydrogen) atoms. The number of aromatic nitrogens is 3. The number of piperazine rings is 1. The summed E-state index contributed by atoms with van der Waals surface area (Å²) in [6.45, 7) is 9.73. The number of nitrogens with one attached hydrogen (secondary N) is 1. The number of unbranched alkanes of at least 4 members (excludes halogenated alkanes) is 1. The molecule has 0 spiro atoms. The number of thiazole rings is 1. The molecule has 0 aliphatic carbocycles. The topological polar surface area (TPSA) is 83.4 Å². The van der Waals surface area contributed by atoms with Gasteiger partial charge in [0.05, 0.1) is 0 Å². The highest BCUT2D eigenvalue weighted by Crippen LogP contribution is 2.26. The molecule has 1 N–H and O–H groups in total. The molecule has 142 valence electrons. The van der Waals surface area contributed by atoms with Gasteiger partial charge in [0.15, 0.2) is 10.8 Å². The predicted molar refractivity (Wildman–Crippen MR) is 104 cm³/mol. The molecular formula is C17H26N6O2S. The summed E-state index contributed by atoms with van der Waals surface area (Å²) < 4.78 is 1.88. The lowest BCUT2D eigenvalue weighted by molar-refractivity contribution is -0.121. The molecular weight excluding hydrogens is 352 g/mol. The summed E-state index contributed by atoms with van der Waals surface area (Å²) in [7, 11) is 0. The van der Waals surface area contributed by atoms with Crippen LogP contribution in [0.2, 0.25) is 0 Å². The van der Waals surface area contributed by atoms with Gasteiger partial charge in [-0.05, 0) is 13.0 Å². The number of fused-ring (bicyclic) bond motifs is 1. The predicted octanol–water partition coefficient (Wildman–Crippen LogP) is 0.911. The Morgan fingerprint density at radius 2 is 2.04 bits per heavy atom. The zero-order valence-corrected chi connectivity index (χ0v) is 16.2. The molecule has 1 fully saturated rings. The minimum absolute atomic E-state index is 0.00606. The summed E-state index contributed by atoms with van der Waals surface area (Å²) in [6, 6.07) is 0. The van der Waals surface area contributed by atoms with Gasteiger partial charge in [-0.2, -0.15) is 4.98 Å². The van der Waals surface area contributed by atoms with Crippen LogP contribution in [0.15, 0.2) is 11.1 Å². The molecule has 1 aliphatic heterocycles. The zero-order chi connectivity index (χ0) is 18.5. The van der Waals surface area contributed by atoms with Crippen LogP contribution in [0.3, 0.4) is 0 Å². The summed E-state index contributed by atoms with van der Waals surface area (Å²) in [5.41, 5.74) is 0.271. The number of amides is 1. The smallest absolute Gasteiger partial charge is 0.273 e. The van der Waals surface area contributed by atoms with E-state index in [2.05, 4.69) is 38.9 Å². The molecule has 3 rings (SSSR count). The van der Waals surface area contributed by atoms with Gasteiger partial charge in [-0.1, -0.05) is 31.6 Å². The van der Waals surface area contributed by atoms with Crippen LogP contribution < -0.4 is 15.8 Å². The van der Waals surface area contributed by atoms with Crippen molar-refractivity contribution in [3.63, 3.8) is 0 Å². The second-order valence-corrected chi connectivity index (χ2v) is 7.43. The lowest BCUT2D eigenvalue weighted by atomic mass is 10.3. The Balaban J connectivity index is 1.73. The van der Waals surface area contributed by atoms with Crippen LogP contribution in [0.25, 0.3) is 10.3 Å². The second-order valence-electron chi connectivity index (χ2n) is 6.45. The third kappa shape index (κ3) is 4.21. The normalized spacial score (nSPS) is 15.5. The maximum absolute atomic E-state index is 12.7. The van der Waals surface area contributed by atoms with Crippen LogP contribution in [-0.4, -0.2) is 64.6 Å². The van der Waals surface area contributed by atoms with E-state index < -0.39 is 0 Å². The molecule has 0 atom stereocenters. The first-order valence-corrected chi connectivity index (χ1v) is 10.0. The fraction of sp³-hybridized carbons (Fsp3) is 0.647. The first-order valence-electron chi connectivity index (χ1n) is 9.22. The van der Waals surface area contributed by atoms with Gasteiger partial charge in [-0.15, -0.1) is 0 Å². The number of anilines is 1. The number of likely N-dealkylation sites (N-methyl/N-ethyl adjacent to an activating group) is 1. The van der Waals surface area contributed by atoms with Crippen LogP contribution in [0.1, 0.15) is 26.7 Å². The van der Waals surface area contributed by atoms with Crippen molar-refractivity contribution in [2.45, 2.75) is 33.2 Å². The molecule has 8 nitrogen and oxygen atoms in total. The molecule has 1 amide bonds. The van der Waals surface area contributed by atoms with E-state index in [0.29, 0.717) is 16.9 Å². The summed E-state index contributed by atoms with van der Waals surface area (Å²) in [4.78, 5) is 38.1. The summed E-state index contributed by atoms with van der Waals surface area (Å²) in [5, 5.41) is 3.66. The zero-order valence-electron chi connectivity index (χ0n) is 15.4. The number of hydrogen-bond donors (Lipinski definition) is 1.